The van der Waals surface area contributed by atoms with E-state index >= 15 is 0 Å². The first kappa shape index (κ1) is 13.5. The number of rotatable bonds is 3. The summed E-state index contributed by atoms with van der Waals surface area (Å²) in [5.41, 5.74) is 6.31. The van der Waals surface area contributed by atoms with Crippen LogP contribution in [0.2, 0.25) is 0 Å². The van der Waals surface area contributed by atoms with Gasteiger partial charge in [-0.25, -0.2) is 0 Å². The van der Waals surface area contributed by atoms with Crippen molar-refractivity contribution >= 4 is 27.0 Å². The maximum atomic E-state index is 3.40. The van der Waals surface area contributed by atoms with Crippen LogP contribution >= 0.6 is 11.3 Å². The standard InChI is InChI=1S/C19H23NS/c1-12-11-21-19-16(12)4-3-5-17(19)18-14-7-6-13(8-14)9-15(18)10-20-2/h3-5,11,13-14,20H,6-10H2,1-2H3. The van der Waals surface area contributed by atoms with E-state index in [1.165, 1.54) is 46.9 Å². The minimum absolute atomic E-state index is 0.806. The van der Waals surface area contributed by atoms with Gasteiger partial charge in [0.05, 0.1) is 0 Å². The van der Waals surface area contributed by atoms with Gasteiger partial charge >= 0.3 is 0 Å². The molecule has 0 aliphatic heterocycles. The van der Waals surface area contributed by atoms with Crippen molar-refractivity contribution in [3.63, 3.8) is 0 Å². The number of thiophene rings is 1. The molecule has 1 saturated carbocycles. The Morgan fingerprint density at radius 2 is 2.19 bits per heavy atom. The fourth-order valence-corrected chi connectivity index (χ4v) is 5.54. The second kappa shape index (κ2) is 5.26. The summed E-state index contributed by atoms with van der Waals surface area (Å²) in [6.45, 7) is 3.29. The van der Waals surface area contributed by atoms with Crippen LogP contribution in [0.4, 0.5) is 0 Å². The predicted molar refractivity (Wildman–Crippen MR) is 92.9 cm³/mol. The van der Waals surface area contributed by atoms with E-state index in [4.69, 9.17) is 0 Å². The lowest BCUT2D eigenvalue weighted by Gasteiger charge is -2.27. The summed E-state index contributed by atoms with van der Waals surface area (Å²) >= 11 is 1.93. The van der Waals surface area contributed by atoms with Crippen molar-refractivity contribution in [2.24, 2.45) is 11.8 Å². The number of hydrogen-bond acceptors (Lipinski definition) is 2. The Morgan fingerprint density at radius 1 is 1.29 bits per heavy atom. The molecule has 1 fully saturated rings. The van der Waals surface area contributed by atoms with Gasteiger partial charge in [-0.15, -0.1) is 11.3 Å². The first-order chi connectivity index (χ1) is 10.3. The fraction of sp³-hybridized carbons (Fsp3) is 0.474. The summed E-state index contributed by atoms with van der Waals surface area (Å²) in [5, 5.41) is 7.17. The van der Waals surface area contributed by atoms with E-state index in [9.17, 15) is 0 Å². The smallest absolute Gasteiger partial charge is 0.0420 e. The van der Waals surface area contributed by atoms with Crippen LogP contribution in [0.5, 0.6) is 0 Å². The second-order valence-electron chi connectivity index (χ2n) is 6.73. The van der Waals surface area contributed by atoms with Crippen molar-refractivity contribution in [1.82, 2.24) is 5.32 Å². The Labute approximate surface area is 131 Å². The molecular weight excluding hydrogens is 274 g/mol. The largest absolute Gasteiger partial charge is 0.316 e. The third-order valence-corrected chi connectivity index (χ3v) is 6.49. The van der Waals surface area contributed by atoms with Crippen LogP contribution < -0.4 is 5.32 Å². The Balaban J connectivity index is 1.92. The average Bonchev–Trinajstić information content (AvgIpc) is 3.05. The van der Waals surface area contributed by atoms with Crippen molar-refractivity contribution in [2.75, 3.05) is 13.6 Å². The summed E-state index contributed by atoms with van der Waals surface area (Å²) in [5.74, 6) is 1.76. The van der Waals surface area contributed by atoms with E-state index in [1.807, 2.05) is 11.3 Å². The van der Waals surface area contributed by atoms with Gasteiger partial charge in [-0.1, -0.05) is 23.8 Å². The van der Waals surface area contributed by atoms with Gasteiger partial charge in [0, 0.05) is 11.2 Å². The maximum absolute atomic E-state index is 3.40. The van der Waals surface area contributed by atoms with Crippen molar-refractivity contribution < 1.29 is 0 Å². The van der Waals surface area contributed by atoms with Gasteiger partial charge in [0.15, 0.2) is 0 Å². The molecule has 21 heavy (non-hydrogen) atoms. The predicted octanol–water partition coefficient (Wildman–Crippen LogP) is 5.00. The van der Waals surface area contributed by atoms with Gasteiger partial charge in [-0.3, -0.25) is 0 Å². The number of benzene rings is 1. The van der Waals surface area contributed by atoms with Crippen molar-refractivity contribution in [1.29, 1.82) is 0 Å². The first-order valence-corrected chi connectivity index (χ1v) is 8.99. The molecule has 0 saturated heterocycles. The van der Waals surface area contributed by atoms with Gasteiger partial charge in [-0.05, 0) is 79.0 Å². The normalized spacial score (nSPS) is 25.0. The quantitative estimate of drug-likeness (QED) is 0.840. The molecule has 1 N–H and O–H groups in total. The number of nitrogens with one attached hydrogen (secondary N) is 1. The molecule has 110 valence electrons. The van der Waals surface area contributed by atoms with Crippen LogP contribution in [0.25, 0.3) is 15.7 Å². The highest BCUT2D eigenvalue weighted by atomic mass is 32.1. The van der Waals surface area contributed by atoms with Crippen LogP contribution in [-0.4, -0.2) is 13.6 Å². The Morgan fingerprint density at radius 3 is 3.05 bits per heavy atom. The Kier molecular flexibility index (Phi) is 3.39. The van der Waals surface area contributed by atoms with Crippen molar-refractivity contribution in [3.8, 4) is 0 Å². The second-order valence-corrected chi connectivity index (χ2v) is 7.61. The Bertz CT molecular complexity index is 709. The molecule has 2 atom stereocenters. The van der Waals surface area contributed by atoms with E-state index in [-0.39, 0.29) is 0 Å². The summed E-state index contributed by atoms with van der Waals surface area (Å²) in [6, 6.07) is 6.90. The number of hydrogen-bond donors (Lipinski definition) is 1. The molecule has 1 aromatic heterocycles. The van der Waals surface area contributed by atoms with Crippen molar-refractivity contribution in [3.05, 3.63) is 40.3 Å². The van der Waals surface area contributed by atoms with Crippen LogP contribution in [-0.2, 0) is 0 Å². The van der Waals surface area contributed by atoms with Crippen LogP contribution in [0, 0.1) is 18.8 Å². The molecule has 2 heteroatoms. The molecule has 1 aromatic carbocycles. The van der Waals surface area contributed by atoms with Gasteiger partial charge in [0.1, 0.15) is 0 Å². The number of likely N-dealkylation sites (N-methyl/N-ethyl adjacent to an activating group) is 1. The van der Waals surface area contributed by atoms with E-state index in [1.54, 1.807) is 11.1 Å². The monoisotopic (exact) mass is 297 g/mol. The number of fused-ring (bicyclic) bond motifs is 3. The maximum Gasteiger partial charge on any atom is 0.0420 e. The summed E-state index contributed by atoms with van der Waals surface area (Å²) < 4.78 is 1.50. The zero-order valence-corrected chi connectivity index (χ0v) is 13.7. The van der Waals surface area contributed by atoms with E-state index in [2.05, 4.69) is 42.9 Å². The minimum Gasteiger partial charge on any atom is -0.316 e. The van der Waals surface area contributed by atoms with E-state index < -0.39 is 0 Å². The SMILES string of the molecule is CNCC1=C(c2cccc3c(C)csc23)C2CCC(C1)C2. The molecule has 0 amide bonds. The van der Waals surface area contributed by atoms with E-state index in [0.29, 0.717) is 0 Å². The van der Waals surface area contributed by atoms with Crippen LogP contribution in [0.15, 0.2) is 29.2 Å². The van der Waals surface area contributed by atoms with Crippen LogP contribution in [0.1, 0.15) is 36.8 Å². The molecule has 4 rings (SSSR count). The highest BCUT2D eigenvalue weighted by Gasteiger charge is 2.35. The molecule has 1 heterocycles. The van der Waals surface area contributed by atoms with Gasteiger partial charge in [0.25, 0.3) is 0 Å². The highest BCUT2D eigenvalue weighted by molar-refractivity contribution is 7.17. The average molecular weight is 297 g/mol. The molecule has 1 nitrogen and oxygen atoms in total. The highest BCUT2D eigenvalue weighted by Crippen LogP contribution is 2.50. The topological polar surface area (TPSA) is 12.0 Å². The molecule has 2 aromatic rings. The van der Waals surface area contributed by atoms with Gasteiger partial charge in [-0.2, -0.15) is 0 Å². The zero-order chi connectivity index (χ0) is 14.4. The van der Waals surface area contributed by atoms with Gasteiger partial charge < -0.3 is 5.32 Å². The lowest BCUT2D eigenvalue weighted by atomic mass is 9.79. The Hall–Kier alpha value is -1.12. The molecule has 0 spiro atoms. The molecular formula is C19H23NS. The molecule has 2 aliphatic rings. The van der Waals surface area contributed by atoms with Crippen molar-refractivity contribution in [2.45, 2.75) is 32.6 Å². The lowest BCUT2D eigenvalue weighted by molar-refractivity contribution is 0.503. The summed E-state index contributed by atoms with van der Waals surface area (Å²) in [4.78, 5) is 0. The summed E-state index contributed by atoms with van der Waals surface area (Å²) in [6.07, 6.45) is 5.56. The third kappa shape index (κ3) is 2.16. The molecule has 2 aliphatic carbocycles. The zero-order valence-electron chi connectivity index (χ0n) is 12.9. The molecule has 2 unspecified atom stereocenters. The lowest BCUT2D eigenvalue weighted by Crippen LogP contribution is -2.19. The first-order valence-electron chi connectivity index (χ1n) is 8.11. The van der Waals surface area contributed by atoms with Crippen LogP contribution in [0.3, 0.4) is 0 Å². The fourth-order valence-electron chi connectivity index (χ4n) is 4.46. The minimum atomic E-state index is 0.806. The molecule has 0 radical (unpaired) electrons. The number of allylic oxidation sites excluding steroid dienone is 1. The molecule has 2 bridgehead atoms. The number of aryl methyl sites for hydroxylation is 1. The van der Waals surface area contributed by atoms with Gasteiger partial charge in [0.2, 0.25) is 0 Å². The third-order valence-electron chi connectivity index (χ3n) is 5.34. The summed E-state index contributed by atoms with van der Waals surface area (Å²) in [7, 11) is 2.08. The van der Waals surface area contributed by atoms with E-state index in [0.717, 1.165) is 18.4 Å².